The van der Waals surface area contributed by atoms with E-state index in [9.17, 15) is 26.7 Å². The van der Waals surface area contributed by atoms with Crippen molar-refractivity contribution in [1.82, 2.24) is 0 Å². The molecular weight excluding hydrogens is 399 g/mol. The Kier molecular flexibility index (Phi) is 5.13. The van der Waals surface area contributed by atoms with Gasteiger partial charge >= 0.3 is 6.18 Å². The molecule has 1 unspecified atom stereocenters. The Morgan fingerprint density at radius 1 is 1.00 bits per heavy atom. The van der Waals surface area contributed by atoms with Gasteiger partial charge in [-0.05, 0) is 46.3 Å². The van der Waals surface area contributed by atoms with Crippen LogP contribution >= 0.6 is 11.3 Å². The number of nitrogens with two attached hydrogens (primary N) is 1. The first-order chi connectivity index (χ1) is 12.6. The number of alkyl halides is 3. The molecule has 0 bridgehead atoms. The summed E-state index contributed by atoms with van der Waals surface area (Å²) in [5.41, 5.74) is -0.548. The van der Waals surface area contributed by atoms with E-state index >= 15 is 0 Å². The van der Waals surface area contributed by atoms with E-state index < -0.39 is 27.9 Å². The second-order valence-electron chi connectivity index (χ2n) is 5.81. The lowest BCUT2D eigenvalue weighted by molar-refractivity contribution is -0.137. The zero-order chi connectivity index (χ0) is 19.8. The van der Waals surface area contributed by atoms with Crippen LogP contribution in [0.3, 0.4) is 0 Å². The standard InChI is InChI=1S/C18H14F3NO3S2/c19-18(20,21)14-9-12(16(23)11-4-2-1-3-5-11)8-13(10-14)17-15(6-7-26-17)27(22,24)25/h1-10,16,23H,(H2,22,24,25). The normalized spacial score (nSPS) is 13.5. The summed E-state index contributed by atoms with van der Waals surface area (Å²) in [7, 11) is -4.11. The maximum Gasteiger partial charge on any atom is 0.416 e. The van der Waals surface area contributed by atoms with Crippen LogP contribution in [0.2, 0.25) is 0 Å². The number of rotatable bonds is 4. The van der Waals surface area contributed by atoms with Gasteiger partial charge in [-0.15, -0.1) is 11.3 Å². The number of sulfonamides is 1. The Bertz CT molecular complexity index is 1060. The van der Waals surface area contributed by atoms with Crippen LogP contribution in [0.25, 0.3) is 10.4 Å². The van der Waals surface area contributed by atoms with Crippen LogP contribution in [-0.4, -0.2) is 13.5 Å². The third kappa shape index (κ3) is 4.22. The van der Waals surface area contributed by atoms with Gasteiger partial charge in [-0.2, -0.15) is 13.2 Å². The van der Waals surface area contributed by atoms with Gasteiger partial charge in [0, 0.05) is 0 Å². The maximum absolute atomic E-state index is 13.4. The van der Waals surface area contributed by atoms with E-state index in [2.05, 4.69) is 0 Å². The summed E-state index contributed by atoms with van der Waals surface area (Å²) < 4.78 is 63.6. The fourth-order valence-electron chi connectivity index (χ4n) is 2.66. The molecule has 4 nitrogen and oxygen atoms in total. The van der Waals surface area contributed by atoms with E-state index in [1.165, 1.54) is 17.5 Å². The van der Waals surface area contributed by atoms with Crippen LogP contribution in [0.15, 0.2) is 64.9 Å². The van der Waals surface area contributed by atoms with Crippen LogP contribution in [0.4, 0.5) is 13.2 Å². The molecule has 0 aliphatic heterocycles. The SMILES string of the molecule is NS(=O)(=O)c1ccsc1-c1cc(C(O)c2ccccc2)cc(C(F)(F)F)c1. The zero-order valence-corrected chi connectivity index (χ0v) is 15.3. The van der Waals surface area contributed by atoms with Gasteiger partial charge in [-0.1, -0.05) is 30.3 Å². The molecule has 0 saturated carbocycles. The van der Waals surface area contributed by atoms with E-state index in [0.717, 1.165) is 23.5 Å². The first-order valence-corrected chi connectivity index (χ1v) is 10.1. The monoisotopic (exact) mass is 413 g/mol. The van der Waals surface area contributed by atoms with Crippen molar-refractivity contribution < 1.29 is 26.7 Å². The summed E-state index contributed by atoms with van der Waals surface area (Å²) in [4.78, 5) is -0.169. The molecule has 1 heterocycles. The van der Waals surface area contributed by atoms with E-state index in [4.69, 9.17) is 5.14 Å². The molecule has 1 aromatic heterocycles. The second kappa shape index (κ2) is 7.08. The summed E-state index contributed by atoms with van der Waals surface area (Å²) in [6, 6.07) is 12.5. The third-order valence-electron chi connectivity index (χ3n) is 3.91. The highest BCUT2D eigenvalue weighted by molar-refractivity contribution is 7.89. The molecule has 3 rings (SSSR count). The molecule has 9 heteroatoms. The average Bonchev–Trinajstić information content (AvgIpc) is 3.11. The predicted molar refractivity (Wildman–Crippen MR) is 96.6 cm³/mol. The molecule has 142 valence electrons. The number of benzene rings is 2. The summed E-state index contributed by atoms with van der Waals surface area (Å²) in [6.07, 6.45) is -5.97. The summed E-state index contributed by atoms with van der Waals surface area (Å²) in [6.45, 7) is 0. The summed E-state index contributed by atoms with van der Waals surface area (Å²) >= 11 is 0.957. The molecule has 27 heavy (non-hydrogen) atoms. The van der Waals surface area contributed by atoms with Gasteiger partial charge in [0.1, 0.15) is 11.0 Å². The molecule has 3 aromatic rings. The van der Waals surface area contributed by atoms with Gasteiger partial charge in [0.2, 0.25) is 10.0 Å². The van der Waals surface area contributed by atoms with E-state index in [1.54, 1.807) is 30.3 Å². The Labute approximate surface area is 157 Å². The number of aliphatic hydroxyl groups is 1. The smallest absolute Gasteiger partial charge is 0.384 e. The van der Waals surface area contributed by atoms with Gasteiger partial charge in [0.15, 0.2) is 0 Å². The number of hydrogen-bond donors (Lipinski definition) is 2. The average molecular weight is 413 g/mol. The first kappa shape index (κ1) is 19.6. The summed E-state index contributed by atoms with van der Waals surface area (Å²) in [5.74, 6) is 0. The molecule has 0 spiro atoms. The molecule has 2 aromatic carbocycles. The number of aliphatic hydroxyl groups excluding tert-OH is 1. The number of primary sulfonamides is 1. The van der Waals surface area contributed by atoms with Crippen molar-refractivity contribution in [2.24, 2.45) is 5.14 Å². The van der Waals surface area contributed by atoms with Crippen molar-refractivity contribution in [3.05, 3.63) is 76.7 Å². The minimum atomic E-state index is -4.67. The highest BCUT2D eigenvalue weighted by atomic mass is 32.2. The van der Waals surface area contributed by atoms with Gasteiger partial charge in [0.05, 0.1) is 10.4 Å². The Morgan fingerprint density at radius 2 is 1.67 bits per heavy atom. The minimum Gasteiger partial charge on any atom is -0.384 e. The van der Waals surface area contributed by atoms with Crippen molar-refractivity contribution in [2.45, 2.75) is 17.2 Å². The van der Waals surface area contributed by atoms with Crippen molar-refractivity contribution in [2.75, 3.05) is 0 Å². The van der Waals surface area contributed by atoms with Crippen molar-refractivity contribution in [1.29, 1.82) is 0 Å². The lowest BCUT2D eigenvalue weighted by Gasteiger charge is -2.16. The lowest BCUT2D eigenvalue weighted by Crippen LogP contribution is -2.12. The minimum absolute atomic E-state index is 0.000190. The highest BCUT2D eigenvalue weighted by Gasteiger charge is 2.32. The Hall–Kier alpha value is -2.20. The van der Waals surface area contributed by atoms with Crippen LogP contribution < -0.4 is 5.14 Å². The Morgan fingerprint density at radius 3 is 2.26 bits per heavy atom. The van der Waals surface area contributed by atoms with Crippen molar-refractivity contribution >= 4 is 21.4 Å². The number of halogens is 3. The van der Waals surface area contributed by atoms with E-state index in [1.807, 2.05) is 0 Å². The van der Waals surface area contributed by atoms with Gasteiger partial charge in [0.25, 0.3) is 0 Å². The molecule has 0 aliphatic carbocycles. The zero-order valence-electron chi connectivity index (χ0n) is 13.6. The first-order valence-electron chi connectivity index (χ1n) is 7.63. The van der Waals surface area contributed by atoms with Gasteiger partial charge in [-0.25, -0.2) is 13.6 Å². The van der Waals surface area contributed by atoms with Crippen molar-refractivity contribution in [3.8, 4) is 10.4 Å². The number of thiophene rings is 1. The molecule has 1 atom stereocenters. The van der Waals surface area contributed by atoms with Crippen LogP contribution in [0.1, 0.15) is 22.8 Å². The second-order valence-corrected chi connectivity index (χ2v) is 8.26. The summed E-state index contributed by atoms with van der Waals surface area (Å²) in [5, 5.41) is 17.1. The van der Waals surface area contributed by atoms with Crippen LogP contribution in [0.5, 0.6) is 0 Å². The van der Waals surface area contributed by atoms with Crippen LogP contribution in [0, 0.1) is 0 Å². The lowest BCUT2D eigenvalue weighted by atomic mass is 9.96. The predicted octanol–water partition coefficient (Wildman–Crippen LogP) is 4.16. The number of hydrogen-bond acceptors (Lipinski definition) is 4. The molecule has 3 N–H and O–H groups in total. The molecule has 0 saturated heterocycles. The van der Waals surface area contributed by atoms with Crippen molar-refractivity contribution in [3.63, 3.8) is 0 Å². The Balaban J connectivity index is 2.20. The van der Waals surface area contributed by atoms with Gasteiger partial charge < -0.3 is 5.11 Å². The molecule has 0 amide bonds. The topological polar surface area (TPSA) is 80.4 Å². The molecule has 0 fully saturated rings. The fraction of sp³-hybridized carbons (Fsp3) is 0.111. The maximum atomic E-state index is 13.4. The molecular formula is C18H14F3NO3S2. The quantitative estimate of drug-likeness (QED) is 0.674. The highest BCUT2D eigenvalue weighted by Crippen LogP contribution is 2.39. The fourth-order valence-corrected chi connectivity index (χ4v) is 4.66. The molecule has 0 radical (unpaired) electrons. The van der Waals surface area contributed by atoms with Crippen LogP contribution in [-0.2, 0) is 16.2 Å². The third-order valence-corrected chi connectivity index (χ3v) is 5.96. The van der Waals surface area contributed by atoms with Gasteiger partial charge in [-0.3, -0.25) is 0 Å². The largest absolute Gasteiger partial charge is 0.416 e. The van der Waals surface area contributed by atoms with E-state index in [-0.39, 0.29) is 20.9 Å². The molecule has 0 aliphatic rings. The van der Waals surface area contributed by atoms with E-state index in [0.29, 0.717) is 5.56 Å².